The Kier molecular flexibility index (Phi) is 7.90. The summed E-state index contributed by atoms with van der Waals surface area (Å²) in [6, 6.07) is 8.97. The van der Waals surface area contributed by atoms with Crippen molar-refractivity contribution in [1.29, 1.82) is 0 Å². The Labute approximate surface area is 148 Å². The van der Waals surface area contributed by atoms with Crippen LogP contribution in [0.1, 0.15) is 58.3 Å². The highest BCUT2D eigenvalue weighted by Gasteiger charge is 2.44. The van der Waals surface area contributed by atoms with E-state index in [4.69, 9.17) is 9.16 Å². The second-order valence-electron chi connectivity index (χ2n) is 7.21. The van der Waals surface area contributed by atoms with E-state index in [-0.39, 0.29) is 5.97 Å². The van der Waals surface area contributed by atoms with Gasteiger partial charge in [0.15, 0.2) is 8.32 Å². The molecule has 0 fully saturated rings. The molecule has 134 valence electrons. The monoisotopic (exact) mass is 348 g/mol. The molecule has 0 bridgehead atoms. The minimum absolute atomic E-state index is 0.360. The van der Waals surface area contributed by atoms with Crippen LogP contribution in [-0.4, -0.2) is 20.9 Å². The zero-order valence-electron chi connectivity index (χ0n) is 16.0. The smallest absolute Gasteiger partial charge is 0.343 e. The molecule has 0 aliphatic carbocycles. The molecule has 0 aliphatic rings. The molecule has 0 unspecified atom stereocenters. The number of hydrogen-bond donors (Lipinski definition) is 0. The molecule has 0 atom stereocenters. The molecule has 0 aromatic heterocycles. The molecule has 0 saturated carbocycles. The van der Waals surface area contributed by atoms with Crippen molar-refractivity contribution in [2.45, 2.75) is 64.6 Å². The fourth-order valence-electron chi connectivity index (χ4n) is 3.66. The Morgan fingerprint density at radius 3 is 1.96 bits per heavy atom. The largest absolute Gasteiger partial charge is 0.428 e. The van der Waals surface area contributed by atoms with E-state index in [0.717, 1.165) is 0 Å². The maximum atomic E-state index is 12.0. The van der Waals surface area contributed by atoms with Crippen LogP contribution in [0.15, 0.2) is 42.7 Å². The first-order valence-electron chi connectivity index (χ1n) is 8.80. The van der Waals surface area contributed by atoms with Crippen molar-refractivity contribution in [1.82, 2.24) is 0 Å². The van der Waals surface area contributed by atoms with Gasteiger partial charge in [0.25, 0.3) is 0 Å². The minimum atomic E-state index is -1.88. The molecule has 0 amide bonds. The number of hydrogen-bond acceptors (Lipinski definition) is 3. The zero-order valence-corrected chi connectivity index (χ0v) is 17.0. The van der Waals surface area contributed by atoms with Crippen LogP contribution in [-0.2, 0) is 9.16 Å². The second kappa shape index (κ2) is 9.18. The maximum Gasteiger partial charge on any atom is 0.343 e. The van der Waals surface area contributed by atoms with Gasteiger partial charge in [-0.25, -0.2) is 4.79 Å². The number of carbonyl (C=O) groups is 1. The van der Waals surface area contributed by atoms with Gasteiger partial charge >= 0.3 is 5.97 Å². The fourth-order valence-corrected chi connectivity index (χ4v) is 9.11. The Morgan fingerprint density at radius 1 is 1.00 bits per heavy atom. The fraction of sp³-hybridized carbons (Fsp3) is 0.550. The summed E-state index contributed by atoms with van der Waals surface area (Å²) in [7, 11) is -1.88. The van der Waals surface area contributed by atoms with Gasteiger partial charge in [-0.05, 0) is 28.8 Å². The summed E-state index contributed by atoms with van der Waals surface area (Å²) in [4.78, 5) is 12.0. The van der Waals surface area contributed by atoms with E-state index in [1.165, 1.54) is 0 Å². The van der Waals surface area contributed by atoms with Crippen LogP contribution in [0.4, 0.5) is 0 Å². The summed E-state index contributed by atoms with van der Waals surface area (Å²) in [6.45, 7) is 18.0. The summed E-state index contributed by atoms with van der Waals surface area (Å²) >= 11 is 0. The highest BCUT2D eigenvalue weighted by Crippen LogP contribution is 2.42. The number of rotatable bonds is 9. The van der Waals surface area contributed by atoms with E-state index >= 15 is 0 Å². The SMILES string of the molecule is C=C(CCO[Si](C(C)C)(C(C)C)C(C)C)OC(=O)c1ccccc1. The van der Waals surface area contributed by atoms with Crippen molar-refractivity contribution in [3.63, 3.8) is 0 Å². The van der Waals surface area contributed by atoms with E-state index in [1.54, 1.807) is 12.1 Å². The quantitative estimate of drug-likeness (QED) is 0.315. The van der Waals surface area contributed by atoms with Gasteiger partial charge in [0.2, 0.25) is 0 Å². The lowest BCUT2D eigenvalue weighted by molar-refractivity contribution is 0.0608. The topological polar surface area (TPSA) is 35.5 Å². The first-order chi connectivity index (χ1) is 11.2. The predicted molar refractivity (Wildman–Crippen MR) is 103 cm³/mol. The Hall–Kier alpha value is -1.39. The third-order valence-electron chi connectivity index (χ3n) is 4.69. The molecule has 0 radical (unpaired) electrons. The lowest BCUT2D eigenvalue weighted by atomic mass is 10.2. The van der Waals surface area contributed by atoms with E-state index in [0.29, 0.717) is 41.0 Å². The lowest BCUT2D eigenvalue weighted by Gasteiger charge is -2.42. The minimum Gasteiger partial charge on any atom is -0.428 e. The van der Waals surface area contributed by atoms with Gasteiger partial charge in [0, 0.05) is 13.0 Å². The molecule has 0 saturated heterocycles. The van der Waals surface area contributed by atoms with Crippen LogP contribution >= 0.6 is 0 Å². The van der Waals surface area contributed by atoms with Gasteiger partial charge in [-0.3, -0.25) is 0 Å². The van der Waals surface area contributed by atoms with Gasteiger partial charge in [0.05, 0.1) is 5.56 Å². The van der Waals surface area contributed by atoms with E-state index in [9.17, 15) is 4.79 Å². The zero-order chi connectivity index (χ0) is 18.3. The normalized spacial score (nSPS) is 12.0. The van der Waals surface area contributed by atoms with E-state index in [2.05, 4.69) is 48.1 Å². The van der Waals surface area contributed by atoms with Crippen LogP contribution in [0.25, 0.3) is 0 Å². The van der Waals surface area contributed by atoms with E-state index < -0.39 is 8.32 Å². The average Bonchev–Trinajstić information content (AvgIpc) is 2.51. The molecule has 0 N–H and O–H groups in total. The van der Waals surface area contributed by atoms with Gasteiger partial charge in [-0.2, -0.15) is 0 Å². The second-order valence-corrected chi connectivity index (χ2v) is 12.7. The van der Waals surface area contributed by atoms with Crippen LogP contribution in [0.2, 0.25) is 16.6 Å². The summed E-state index contributed by atoms with van der Waals surface area (Å²) in [6.07, 6.45) is 0.541. The van der Waals surface area contributed by atoms with Crippen molar-refractivity contribution in [3.05, 3.63) is 48.2 Å². The van der Waals surface area contributed by atoms with Crippen molar-refractivity contribution in [2.24, 2.45) is 0 Å². The summed E-state index contributed by atoms with van der Waals surface area (Å²) in [5.74, 6) is 0.101. The van der Waals surface area contributed by atoms with Crippen molar-refractivity contribution < 1.29 is 14.0 Å². The molecule has 0 spiro atoms. The van der Waals surface area contributed by atoms with Crippen LogP contribution < -0.4 is 0 Å². The van der Waals surface area contributed by atoms with Crippen LogP contribution in [0.5, 0.6) is 0 Å². The average molecular weight is 349 g/mol. The molecule has 24 heavy (non-hydrogen) atoms. The van der Waals surface area contributed by atoms with Crippen LogP contribution in [0.3, 0.4) is 0 Å². The number of esters is 1. The van der Waals surface area contributed by atoms with Gasteiger partial charge in [-0.15, -0.1) is 0 Å². The lowest BCUT2D eigenvalue weighted by Crippen LogP contribution is -2.48. The molecule has 4 heteroatoms. The first-order valence-corrected chi connectivity index (χ1v) is 10.9. The van der Waals surface area contributed by atoms with Crippen LogP contribution in [0, 0.1) is 0 Å². The van der Waals surface area contributed by atoms with E-state index in [1.807, 2.05) is 18.2 Å². The molecule has 0 heterocycles. The van der Waals surface area contributed by atoms with Gasteiger partial charge in [-0.1, -0.05) is 66.3 Å². The third kappa shape index (κ3) is 5.05. The predicted octanol–water partition coefficient (Wildman–Crippen LogP) is 5.94. The Bertz CT molecular complexity index is 513. The standard InChI is InChI=1S/C20H32O3Si/c1-15(2)24(16(3)4,17(5)6)22-14-13-18(7)23-20(21)19-11-9-8-10-12-19/h8-12,15-17H,7,13-14H2,1-6H3. The van der Waals surface area contributed by atoms with Gasteiger partial charge < -0.3 is 9.16 Å². The maximum absolute atomic E-state index is 12.0. The van der Waals surface area contributed by atoms with Crippen molar-refractivity contribution in [2.75, 3.05) is 6.61 Å². The highest BCUT2D eigenvalue weighted by atomic mass is 28.4. The van der Waals surface area contributed by atoms with Crippen molar-refractivity contribution in [3.8, 4) is 0 Å². The number of benzene rings is 1. The summed E-state index contributed by atoms with van der Waals surface area (Å²) < 4.78 is 11.8. The molecule has 0 aliphatic heterocycles. The van der Waals surface area contributed by atoms with Crippen molar-refractivity contribution >= 4 is 14.3 Å². The van der Waals surface area contributed by atoms with Gasteiger partial charge in [0.1, 0.15) is 5.76 Å². The molecule has 1 aromatic rings. The Balaban J connectivity index is 2.59. The molecular formula is C20H32O3Si. The summed E-state index contributed by atoms with van der Waals surface area (Å²) in [5, 5.41) is 0. The summed E-state index contributed by atoms with van der Waals surface area (Å²) in [5.41, 5.74) is 2.16. The molecule has 3 nitrogen and oxygen atoms in total. The number of ether oxygens (including phenoxy) is 1. The molecule has 1 aromatic carbocycles. The third-order valence-corrected chi connectivity index (χ3v) is 10.8. The molecular weight excluding hydrogens is 316 g/mol. The first kappa shape index (κ1) is 20.7. The Morgan fingerprint density at radius 2 is 1.50 bits per heavy atom. The number of carbonyl (C=O) groups excluding carboxylic acids is 1. The highest BCUT2D eigenvalue weighted by molar-refractivity contribution is 6.77. The molecule has 1 rings (SSSR count).